The van der Waals surface area contributed by atoms with E-state index in [1.165, 1.54) is 12.0 Å². The van der Waals surface area contributed by atoms with Crippen LogP contribution in [0.3, 0.4) is 0 Å². The van der Waals surface area contributed by atoms with E-state index in [9.17, 15) is 9.59 Å². The van der Waals surface area contributed by atoms with Gasteiger partial charge in [-0.1, -0.05) is 69.5 Å². The Labute approximate surface area is 162 Å². The number of amides is 1. The minimum atomic E-state index is 0.0375. The normalized spacial score (nSPS) is 14.9. The van der Waals surface area contributed by atoms with E-state index in [-0.39, 0.29) is 17.6 Å². The van der Waals surface area contributed by atoms with Gasteiger partial charge in [0, 0.05) is 17.9 Å². The molecule has 3 nitrogen and oxygen atoms in total. The number of benzene rings is 2. The molecule has 0 aliphatic heterocycles. The molecule has 1 N–H and O–H groups in total. The fourth-order valence-corrected chi connectivity index (χ4v) is 3.78. The average molecular weight is 364 g/mol. The van der Waals surface area contributed by atoms with Gasteiger partial charge in [0.1, 0.15) is 0 Å². The van der Waals surface area contributed by atoms with E-state index in [4.69, 9.17) is 0 Å². The molecule has 142 valence electrons. The van der Waals surface area contributed by atoms with Crippen molar-refractivity contribution in [1.29, 1.82) is 0 Å². The highest BCUT2D eigenvalue weighted by molar-refractivity contribution is 6.06. The molecule has 2 aromatic carbocycles. The molecule has 0 unspecified atom stereocenters. The van der Waals surface area contributed by atoms with E-state index in [1.807, 2.05) is 36.4 Å². The van der Waals surface area contributed by atoms with Gasteiger partial charge in [-0.3, -0.25) is 9.59 Å². The molecule has 27 heavy (non-hydrogen) atoms. The summed E-state index contributed by atoms with van der Waals surface area (Å²) in [6, 6.07) is 15.6. The van der Waals surface area contributed by atoms with Crippen LogP contribution in [0.15, 0.2) is 48.5 Å². The van der Waals surface area contributed by atoms with Gasteiger partial charge in [-0.2, -0.15) is 0 Å². The highest BCUT2D eigenvalue weighted by Gasteiger charge is 2.22. The van der Waals surface area contributed by atoms with Crippen LogP contribution in [-0.2, 0) is 11.2 Å². The molecule has 3 heteroatoms. The standard InChI is InChI=1S/C24H29NO2/c1-17(2)20-12-8-9-18(15-20)16-23(26)21-13-6-7-14-22(21)25-24(27)19-10-4-3-5-11-19/h6-9,12-15,17,19H,3-5,10-11,16H2,1-2H3,(H,25,27). The van der Waals surface area contributed by atoms with Crippen LogP contribution in [0, 0.1) is 5.92 Å². The fraction of sp³-hybridized carbons (Fsp3) is 0.417. The average Bonchev–Trinajstić information content (AvgIpc) is 2.69. The number of para-hydroxylation sites is 1. The maximum atomic E-state index is 12.9. The highest BCUT2D eigenvalue weighted by atomic mass is 16.2. The van der Waals surface area contributed by atoms with E-state index >= 15 is 0 Å². The number of hydrogen-bond donors (Lipinski definition) is 1. The predicted octanol–water partition coefficient (Wildman–Crippen LogP) is 5.75. The summed E-state index contributed by atoms with van der Waals surface area (Å²) < 4.78 is 0. The fourth-order valence-electron chi connectivity index (χ4n) is 3.78. The summed E-state index contributed by atoms with van der Waals surface area (Å²) in [5, 5.41) is 3.02. The molecule has 1 fully saturated rings. The van der Waals surface area contributed by atoms with Crippen molar-refractivity contribution in [1.82, 2.24) is 0 Å². The lowest BCUT2D eigenvalue weighted by Gasteiger charge is -2.21. The molecule has 3 rings (SSSR count). The second-order valence-corrected chi connectivity index (χ2v) is 7.87. The first-order chi connectivity index (χ1) is 13.0. The van der Waals surface area contributed by atoms with Crippen molar-refractivity contribution in [2.24, 2.45) is 5.92 Å². The quantitative estimate of drug-likeness (QED) is 0.664. The van der Waals surface area contributed by atoms with Crippen LogP contribution in [0.2, 0.25) is 0 Å². The van der Waals surface area contributed by atoms with Crippen LogP contribution in [0.5, 0.6) is 0 Å². The third-order valence-electron chi connectivity index (χ3n) is 5.44. The Morgan fingerprint density at radius 2 is 1.74 bits per heavy atom. The van der Waals surface area contributed by atoms with Gasteiger partial charge in [0.2, 0.25) is 5.91 Å². The Kier molecular flexibility index (Phi) is 6.44. The maximum absolute atomic E-state index is 12.9. The molecule has 0 spiro atoms. The minimum absolute atomic E-state index is 0.0375. The van der Waals surface area contributed by atoms with E-state index in [0.29, 0.717) is 23.6 Å². The smallest absolute Gasteiger partial charge is 0.227 e. The predicted molar refractivity (Wildman–Crippen MR) is 110 cm³/mol. The number of carbonyl (C=O) groups is 2. The first-order valence-corrected chi connectivity index (χ1v) is 10.1. The molecule has 1 aliphatic rings. The number of Topliss-reactive ketones (excluding diaryl/α,β-unsaturated/α-hetero) is 1. The molecule has 1 amide bonds. The van der Waals surface area contributed by atoms with Gasteiger partial charge >= 0.3 is 0 Å². The van der Waals surface area contributed by atoms with Crippen molar-refractivity contribution in [3.05, 3.63) is 65.2 Å². The molecule has 1 aliphatic carbocycles. The summed E-state index contributed by atoms with van der Waals surface area (Å²) in [6.45, 7) is 4.30. The van der Waals surface area contributed by atoms with Crippen LogP contribution < -0.4 is 5.32 Å². The van der Waals surface area contributed by atoms with E-state index < -0.39 is 0 Å². The number of ketones is 1. The second-order valence-electron chi connectivity index (χ2n) is 7.87. The Morgan fingerprint density at radius 3 is 2.48 bits per heavy atom. The van der Waals surface area contributed by atoms with Crippen LogP contribution in [0.4, 0.5) is 5.69 Å². The van der Waals surface area contributed by atoms with Gasteiger partial charge in [-0.25, -0.2) is 0 Å². The number of hydrogen-bond acceptors (Lipinski definition) is 2. The van der Waals surface area contributed by atoms with Crippen molar-refractivity contribution < 1.29 is 9.59 Å². The molecule has 2 aromatic rings. The largest absolute Gasteiger partial charge is 0.325 e. The molecule has 0 aromatic heterocycles. The first-order valence-electron chi connectivity index (χ1n) is 10.1. The molecule has 0 atom stereocenters. The summed E-state index contributed by atoms with van der Waals surface area (Å²) in [5.74, 6) is 0.596. The molecule has 1 saturated carbocycles. The van der Waals surface area contributed by atoms with Gasteiger partial charge in [-0.05, 0) is 42.0 Å². The zero-order valence-corrected chi connectivity index (χ0v) is 16.3. The highest BCUT2D eigenvalue weighted by Crippen LogP contribution is 2.26. The van der Waals surface area contributed by atoms with Crippen molar-refractivity contribution in [2.75, 3.05) is 5.32 Å². The van der Waals surface area contributed by atoms with Crippen LogP contribution in [-0.4, -0.2) is 11.7 Å². The number of carbonyl (C=O) groups excluding carboxylic acids is 2. The topological polar surface area (TPSA) is 46.2 Å². The molecular formula is C24H29NO2. The minimum Gasteiger partial charge on any atom is -0.325 e. The van der Waals surface area contributed by atoms with Gasteiger partial charge in [0.15, 0.2) is 5.78 Å². The summed E-state index contributed by atoms with van der Waals surface area (Å²) in [4.78, 5) is 25.5. The number of nitrogens with one attached hydrogen (secondary N) is 1. The Bertz CT molecular complexity index is 804. The van der Waals surface area contributed by atoms with Gasteiger partial charge in [0.25, 0.3) is 0 Å². The number of rotatable bonds is 6. The van der Waals surface area contributed by atoms with Crippen LogP contribution >= 0.6 is 0 Å². The van der Waals surface area contributed by atoms with Gasteiger partial charge in [-0.15, -0.1) is 0 Å². The number of anilines is 1. The summed E-state index contributed by atoms with van der Waals surface area (Å²) in [6.07, 6.45) is 5.69. The molecule has 0 heterocycles. The zero-order valence-electron chi connectivity index (χ0n) is 16.3. The zero-order chi connectivity index (χ0) is 19.2. The lowest BCUT2D eigenvalue weighted by Crippen LogP contribution is -2.25. The molecule has 0 saturated heterocycles. The second kappa shape index (κ2) is 8.98. The summed E-state index contributed by atoms with van der Waals surface area (Å²) in [7, 11) is 0. The SMILES string of the molecule is CC(C)c1cccc(CC(=O)c2ccccc2NC(=O)C2CCCCC2)c1. The van der Waals surface area contributed by atoms with Crippen molar-refractivity contribution in [3.63, 3.8) is 0 Å². The third-order valence-corrected chi connectivity index (χ3v) is 5.44. The molecule has 0 bridgehead atoms. The third kappa shape index (κ3) is 5.06. The van der Waals surface area contributed by atoms with Crippen molar-refractivity contribution in [2.45, 2.75) is 58.3 Å². The maximum Gasteiger partial charge on any atom is 0.227 e. The summed E-state index contributed by atoms with van der Waals surface area (Å²) in [5.41, 5.74) is 3.48. The monoisotopic (exact) mass is 363 g/mol. The lowest BCUT2D eigenvalue weighted by molar-refractivity contribution is -0.120. The lowest BCUT2D eigenvalue weighted by atomic mass is 9.88. The van der Waals surface area contributed by atoms with E-state index in [2.05, 4.69) is 31.3 Å². The van der Waals surface area contributed by atoms with Gasteiger partial charge < -0.3 is 5.32 Å². The van der Waals surface area contributed by atoms with Crippen molar-refractivity contribution in [3.8, 4) is 0 Å². The van der Waals surface area contributed by atoms with Crippen LogP contribution in [0.25, 0.3) is 0 Å². The van der Waals surface area contributed by atoms with E-state index in [0.717, 1.165) is 31.2 Å². The van der Waals surface area contributed by atoms with Crippen molar-refractivity contribution >= 4 is 17.4 Å². The Hall–Kier alpha value is -2.42. The Morgan fingerprint density at radius 1 is 1.00 bits per heavy atom. The molecular weight excluding hydrogens is 334 g/mol. The molecule has 0 radical (unpaired) electrons. The van der Waals surface area contributed by atoms with Gasteiger partial charge in [0.05, 0.1) is 5.69 Å². The first kappa shape index (κ1) is 19.3. The Balaban J connectivity index is 1.73. The van der Waals surface area contributed by atoms with E-state index in [1.54, 1.807) is 0 Å². The summed E-state index contributed by atoms with van der Waals surface area (Å²) >= 11 is 0. The van der Waals surface area contributed by atoms with Crippen LogP contribution in [0.1, 0.15) is 73.4 Å².